The van der Waals surface area contributed by atoms with E-state index in [1.165, 1.54) is 28.6 Å². The van der Waals surface area contributed by atoms with Crippen LogP contribution in [-0.2, 0) is 20.0 Å². The predicted octanol–water partition coefficient (Wildman–Crippen LogP) is 1.01. The van der Waals surface area contributed by atoms with E-state index < -0.39 is 20.0 Å². The number of piperidine rings is 1. The molecule has 0 radical (unpaired) electrons. The summed E-state index contributed by atoms with van der Waals surface area (Å²) >= 11 is 0. The highest BCUT2D eigenvalue weighted by Crippen LogP contribution is 2.27. The van der Waals surface area contributed by atoms with Crippen LogP contribution in [0.15, 0.2) is 34.1 Å². The molecule has 1 aromatic rings. The van der Waals surface area contributed by atoms with Crippen molar-refractivity contribution < 1.29 is 16.8 Å². The van der Waals surface area contributed by atoms with Crippen LogP contribution in [0.25, 0.3) is 0 Å². The van der Waals surface area contributed by atoms with Gasteiger partial charge in [-0.2, -0.15) is 4.31 Å². The summed E-state index contributed by atoms with van der Waals surface area (Å²) in [4.78, 5) is 0.136. The summed E-state index contributed by atoms with van der Waals surface area (Å²) < 4.78 is 53.4. The summed E-state index contributed by atoms with van der Waals surface area (Å²) in [6.07, 6.45) is 1.01. The number of nitrogens with zero attached hydrogens (tertiary/aromatic N) is 1. The Morgan fingerprint density at radius 2 is 1.52 bits per heavy atom. The van der Waals surface area contributed by atoms with Gasteiger partial charge in [0.15, 0.2) is 0 Å². The molecule has 1 aliphatic rings. The van der Waals surface area contributed by atoms with E-state index in [0.717, 1.165) is 6.42 Å². The zero-order chi connectivity index (χ0) is 18.0. The minimum atomic E-state index is -3.67. The molecule has 1 aromatic carbocycles. The third-order valence-corrected chi connectivity index (χ3v) is 7.37. The van der Waals surface area contributed by atoms with E-state index in [2.05, 4.69) is 4.72 Å². The number of nitrogens with one attached hydrogen (secondary N) is 1. The molecular weight excluding hydrogens is 386 g/mol. The highest BCUT2D eigenvalue weighted by atomic mass is 35.5. The first-order chi connectivity index (χ1) is 11.2. The maximum atomic E-state index is 12.8. The molecule has 25 heavy (non-hydrogen) atoms. The van der Waals surface area contributed by atoms with Gasteiger partial charge in [-0.3, -0.25) is 0 Å². The van der Waals surface area contributed by atoms with Crippen LogP contribution in [0, 0.1) is 11.8 Å². The minimum Gasteiger partial charge on any atom is -0.329 e. The fourth-order valence-electron chi connectivity index (χ4n) is 3.02. The zero-order valence-corrected chi connectivity index (χ0v) is 16.8. The number of benzene rings is 1. The van der Waals surface area contributed by atoms with Crippen molar-refractivity contribution in [3.8, 4) is 0 Å². The van der Waals surface area contributed by atoms with Gasteiger partial charge >= 0.3 is 0 Å². The first kappa shape index (κ1) is 22.3. The fourth-order valence-corrected chi connectivity index (χ4v) is 5.75. The smallest absolute Gasteiger partial charge is 0.243 e. The van der Waals surface area contributed by atoms with Crippen molar-refractivity contribution in [3.63, 3.8) is 0 Å². The molecule has 144 valence electrons. The van der Waals surface area contributed by atoms with Crippen molar-refractivity contribution in [3.05, 3.63) is 24.3 Å². The van der Waals surface area contributed by atoms with Crippen LogP contribution >= 0.6 is 12.4 Å². The van der Waals surface area contributed by atoms with Gasteiger partial charge in [0.1, 0.15) is 0 Å². The monoisotopic (exact) mass is 411 g/mol. The standard InChI is InChI=1S/C15H25N3O4S2.ClH/c1-12-9-13(2)11-18(10-12)24(21,22)15-5-3-14(4-6-15)23(19,20)17-8-7-16;/h3-6,12-13,17H,7-11,16H2,1-2H3;1H. The molecule has 3 N–H and O–H groups in total. The molecule has 10 heteroatoms. The normalized spacial score (nSPS) is 22.4. The Kier molecular flexibility index (Phi) is 7.85. The fraction of sp³-hybridized carbons (Fsp3) is 0.600. The molecule has 0 aliphatic carbocycles. The van der Waals surface area contributed by atoms with Crippen LogP contribution in [0.2, 0.25) is 0 Å². The Balaban J connectivity index is 0.00000312. The van der Waals surface area contributed by atoms with E-state index in [1.807, 2.05) is 13.8 Å². The van der Waals surface area contributed by atoms with Gasteiger partial charge in [-0.25, -0.2) is 21.6 Å². The lowest BCUT2D eigenvalue weighted by Crippen LogP contribution is -2.42. The number of rotatable bonds is 6. The first-order valence-electron chi connectivity index (χ1n) is 7.96. The van der Waals surface area contributed by atoms with Crippen molar-refractivity contribution in [1.82, 2.24) is 9.03 Å². The van der Waals surface area contributed by atoms with Crippen molar-refractivity contribution in [2.24, 2.45) is 17.6 Å². The Bertz CT molecular complexity index is 756. The van der Waals surface area contributed by atoms with E-state index in [-0.39, 0.29) is 35.3 Å². The van der Waals surface area contributed by atoms with Gasteiger partial charge in [0.05, 0.1) is 9.79 Å². The number of sulfonamides is 2. The minimum absolute atomic E-state index is 0. The summed E-state index contributed by atoms with van der Waals surface area (Å²) in [6, 6.07) is 5.30. The second-order valence-electron chi connectivity index (χ2n) is 6.43. The molecule has 7 nitrogen and oxygen atoms in total. The van der Waals surface area contributed by atoms with E-state index in [9.17, 15) is 16.8 Å². The molecule has 0 bridgehead atoms. The van der Waals surface area contributed by atoms with E-state index in [0.29, 0.717) is 24.9 Å². The maximum Gasteiger partial charge on any atom is 0.243 e. The third kappa shape index (κ3) is 5.38. The Hall–Kier alpha value is -0.710. The Labute approximate surface area is 156 Å². The van der Waals surface area contributed by atoms with Gasteiger partial charge in [-0.05, 0) is 42.5 Å². The second-order valence-corrected chi connectivity index (χ2v) is 10.1. The number of hydrogen-bond acceptors (Lipinski definition) is 5. The molecule has 2 rings (SSSR count). The molecule has 0 saturated carbocycles. The van der Waals surface area contributed by atoms with Crippen LogP contribution < -0.4 is 10.5 Å². The van der Waals surface area contributed by atoms with Gasteiger partial charge in [-0.1, -0.05) is 13.8 Å². The molecule has 2 unspecified atom stereocenters. The SMILES string of the molecule is CC1CC(C)CN(S(=O)(=O)c2ccc(S(=O)(=O)NCCN)cc2)C1.Cl. The van der Waals surface area contributed by atoms with Crippen molar-refractivity contribution in [1.29, 1.82) is 0 Å². The van der Waals surface area contributed by atoms with Gasteiger partial charge in [0.25, 0.3) is 0 Å². The lowest BCUT2D eigenvalue weighted by atomic mass is 9.94. The van der Waals surface area contributed by atoms with Crippen LogP contribution in [0.3, 0.4) is 0 Å². The highest BCUT2D eigenvalue weighted by molar-refractivity contribution is 7.89. The summed E-state index contributed by atoms with van der Waals surface area (Å²) in [7, 11) is -7.27. The Morgan fingerprint density at radius 1 is 1.04 bits per heavy atom. The van der Waals surface area contributed by atoms with Gasteiger partial charge in [0, 0.05) is 26.2 Å². The van der Waals surface area contributed by atoms with Gasteiger partial charge < -0.3 is 5.73 Å². The number of nitrogens with two attached hydrogens (primary N) is 1. The molecule has 0 spiro atoms. The number of hydrogen-bond donors (Lipinski definition) is 2. The van der Waals surface area contributed by atoms with Crippen LogP contribution in [0.4, 0.5) is 0 Å². The lowest BCUT2D eigenvalue weighted by molar-refractivity contribution is 0.222. The topological polar surface area (TPSA) is 110 Å². The van der Waals surface area contributed by atoms with Gasteiger partial charge in [0.2, 0.25) is 20.0 Å². The maximum absolute atomic E-state index is 12.8. The van der Waals surface area contributed by atoms with Crippen LogP contribution in [0.5, 0.6) is 0 Å². The first-order valence-corrected chi connectivity index (χ1v) is 10.9. The molecule has 0 aromatic heterocycles. The summed E-state index contributed by atoms with van der Waals surface area (Å²) in [6.45, 7) is 5.38. The molecule has 1 saturated heterocycles. The van der Waals surface area contributed by atoms with Crippen molar-refractivity contribution >= 4 is 32.5 Å². The summed E-state index contributed by atoms with van der Waals surface area (Å²) in [5.74, 6) is 0.618. The largest absolute Gasteiger partial charge is 0.329 e. The molecule has 1 aliphatic heterocycles. The molecular formula is C15H26ClN3O4S2. The van der Waals surface area contributed by atoms with Crippen molar-refractivity contribution in [2.45, 2.75) is 30.1 Å². The zero-order valence-electron chi connectivity index (χ0n) is 14.4. The van der Waals surface area contributed by atoms with E-state index >= 15 is 0 Å². The summed E-state index contributed by atoms with van der Waals surface area (Å²) in [5.41, 5.74) is 5.29. The molecule has 0 amide bonds. The Morgan fingerprint density at radius 3 is 2.00 bits per heavy atom. The van der Waals surface area contributed by atoms with Gasteiger partial charge in [-0.15, -0.1) is 12.4 Å². The van der Waals surface area contributed by atoms with E-state index in [1.54, 1.807) is 0 Å². The summed E-state index contributed by atoms with van der Waals surface area (Å²) in [5, 5.41) is 0. The average molecular weight is 412 g/mol. The van der Waals surface area contributed by atoms with Crippen molar-refractivity contribution in [2.75, 3.05) is 26.2 Å². The number of halogens is 1. The van der Waals surface area contributed by atoms with Crippen LogP contribution in [-0.4, -0.2) is 47.3 Å². The lowest BCUT2D eigenvalue weighted by Gasteiger charge is -2.34. The third-order valence-electron chi connectivity index (χ3n) is 4.04. The predicted molar refractivity (Wildman–Crippen MR) is 99.6 cm³/mol. The molecule has 2 atom stereocenters. The van der Waals surface area contributed by atoms with E-state index in [4.69, 9.17) is 5.73 Å². The van der Waals surface area contributed by atoms with Crippen LogP contribution in [0.1, 0.15) is 20.3 Å². The molecule has 1 fully saturated rings. The second kappa shape index (κ2) is 8.79. The highest BCUT2D eigenvalue weighted by Gasteiger charge is 2.31. The molecule has 1 heterocycles. The quantitative estimate of drug-likeness (QED) is 0.725. The average Bonchev–Trinajstić information content (AvgIpc) is 2.52.